The van der Waals surface area contributed by atoms with Crippen molar-refractivity contribution in [1.29, 1.82) is 0 Å². The van der Waals surface area contributed by atoms with Gasteiger partial charge < -0.3 is 14.6 Å². The molecule has 1 aliphatic rings. The fourth-order valence-electron chi connectivity index (χ4n) is 2.11. The second kappa shape index (κ2) is 4.76. The van der Waals surface area contributed by atoms with Gasteiger partial charge in [0.2, 0.25) is 0 Å². The zero-order chi connectivity index (χ0) is 11.5. The molecule has 3 unspecified atom stereocenters. The van der Waals surface area contributed by atoms with Crippen LogP contribution in [0.2, 0.25) is 0 Å². The first kappa shape index (κ1) is 11.3. The van der Waals surface area contributed by atoms with Gasteiger partial charge in [-0.3, -0.25) is 0 Å². The summed E-state index contributed by atoms with van der Waals surface area (Å²) in [5.74, 6) is 0. The number of aliphatic hydroxyl groups excluding tert-OH is 1. The van der Waals surface area contributed by atoms with Crippen LogP contribution in [0.3, 0.4) is 0 Å². The van der Waals surface area contributed by atoms with Crippen LogP contribution < -0.4 is 0 Å². The predicted molar refractivity (Wildman–Crippen MR) is 60.0 cm³/mol. The molecule has 0 bridgehead atoms. The van der Waals surface area contributed by atoms with Gasteiger partial charge in [-0.25, -0.2) is 0 Å². The Kier molecular flexibility index (Phi) is 3.36. The summed E-state index contributed by atoms with van der Waals surface area (Å²) < 4.78 is 5.65. The molecule has 3 heteroatoms. The van der Waals surface area contributed by atoms with Gasteiger partial charge in [0.1, 0.15) is 6.10 Å². The molecule has 1 heterocycles. The van der Waals surface area contributed by atoms with Crippen molar-refractivity contribution < 1.29 is 14.6 Å². The largest absolute Gasteiger partial charge is 0.393 e. The van der Waals surface area contributed by atoms with E-state index in [0.29, 0.717) is 6.42 Å². The molecule has 0 saturated carbocycles. The van der Waals surface area contributed by atoms with E-state index in [1.54, 1.807) is 6.92 Å². The number of hydrogen-bond donors (Lipinski definition) is 1. The summed E-state index contributed by atoms with van der Waals surface area (Å²) in [6.45, 7) is 1.76. The number of carbonyl (C=O) groups excluding carboxylic acids is 1. The van der Waals surface area contributed by atoms with E-state index in [0.717, 1.165) is 23.8 Å². The Morgan fingerprint density at radius 3 is 2.75 bits per heavy atom. The maximum Gasteiger partial charge on any atom is 0.153 e. The first-order chi connectivity index (χ1) is 7.72. The van der Waals surface area contributed by atoms with E-state index < -0.39 is 6.10 Å². The molecule has 3 atom stereocenters. The molecule has 0 fully saturated rings. The van der Waals surface area contributed by atoms with Gasteiger partial charge >= 0.3 is 0 Å². The number of hydrogen-bond acceptors (Lipinski definition) is 3. The van der Waals surface area contributed by atoms with E-state index in [4.69, 9.17) is 4.74 Å². The third-order valence-corrected chi connectivity index (χ3v) is 2.93. The molecule has 2 rings (SSSR count). The lowest BCUT2D eigenvalue weighted by atomic mass is 9.99. The van der Waals surface area contributed by atoms with Crippen molar-refractivity contribution in [1.82, 2.24) is 0 Å². The Balaban J connectivity index is 2.15. The van der Waals surface area contributed by atoms with E-state index >= 15 is 0 Å². The van der Waals surface area contributed by atoms with Crippen LogP contribution in [0.4, 0.5) is 0 Å². The average Bonchev–Trinajstić information content (AvgIpc) is 2.65. The molecule has 16 heavy (non-hydrogen) atoms. The SMILES string of the molecule is CC(O)CCC1OC(C=O)c2ccccc21. The molecule has 1 N–H and O–H groups in total. The number of fused-ring (bicyclic) bond motifs is 1. The summed E-state index contributed by atoms with van der Waals surface area (Å²) in [6.07, 6.45) is 1.45. The highest BCUT2D eigenvalue weighted by Crippen LogP contribution is 2.40. The van der Waals surface area contributed by atoms with Crippen LogP contribution in [0.15, 0.2) is 24.3 Å². The predicted octanol–water partition coefficient (Wildman–Crippen LogP) is 2.16. The van der Waals surface area contributed by atoms with Crippen LogP contribution in [0, 0.1) is 0 Å². The van der Waals surface area contributed by atoms with Crippen molar-refractivity contribution in [2.75, 3.05) is 0 Å². The molecule has 1 aliphatic heterocycles. The van der Waals surface area contributed by atoms with Gasteiger partial charge in [0.25, 0.3) is 0 Å². The first-order valence-corrected chi connectivity index (χ1v) is 5.60. The number of aliphatic hydroxyl groups is 1. The highest BCUT2D eigenvalue weighted by Gasteiger charge is 2.30. The highest BCUT2D eigenvalue weighted by atomic mass is 16.5. The maximum absolute atomic E-state index is 10.9. The fraction of sp³-hybridized carbons (Fsp3) is 0.462. The van der Waals surface area contributed by atoms with Crippen molar-refractivity contribution in [3.63, 3.8) is 0 Å². The zero-order valence-corrected chi connectivity index (χ0v) is 9.30. The van der Waals surface area contributed by atoms with Crippen LogP contribution in [-0.2, 0) is 9.53 Å². The summed E-state index contributed by atoms with van der Waals surface area (Å²) in [5.41, 5.74) is 2.05. The van der Waals surface area contributed by atoms with Crippen molar-refractivity contribution in [3.05, 3.63) is 35.4 Å². The molecular weight excluding hydrogens is 204 g/mol. The summed E-state index contributed by atoms with van der Waals surface area (Å²) >= 11 is 0. The molecule has 0 saturated heterocycles. The molecule has 0 spiro atoms. The normalized spacial score (nSPS) is 25.1. The molecule has 86 valence electrons. The molecule has 0 aliphatic carbocycles. The van der Waals surface area contributed by atoms with Crippen LogP contribution in [-0.4, -0.2) is 17.5 Å². The van der Waals surface area contributed by atoms with Crippen molar-refractivity contribution in [3.8, 4) is 0 Å². The minimum Gasteiger partial charge on any atom is -0.393 e. The summed E-state index contributed by atoms with van der Waals surface area (Å²) in [4.78, 5) is 10.9. The van der Waals surface area contributed by atoms with E-state index in [1.807, 2.05) is 24.3 Å². The summed E-state index contributed by atoms with van der Waals surface area (Å²) in [7, 11) is 0. The van der Waals surface area contributed by atoms with Crippen LogP contribution in [0.5, 0.6) is 0 Å². The third kappa shape index (κ3) is 2.15. The van der Waals surface area contributed by atoms with E-state index in [9.17, 15) is 9.90 Å². The highest BCUT2D eigenvalue weighted by molar-refractivity contribution is 5.63. The third-order valence-electron chi connectivity index (χ3n) is 2.93. The van der Waals surface area contributed by atoms with E-state index in [-0.39, 0.29) is 12.2 Å². The van der Waals surface area contributed by atoms with Gasteiger partial charge in [-0.2, -0.15) is 0 Å². The van der Waals surface area contributed by atoms with Gasteiger partial charge in [0.15, 0.2) is 6.29 Å². The average molecular weight is 220 g/mol. The van der Waals surface area contributed by atoms with Gasteiger partial charge in [-0.1, -0.05) is 24.3 Å². The molecular formula is C13H16O3. The number of aldehydes is 1. The standard InChI is InChI=1S/C13H16O3/c1-9(15)6-7-12-10-4-2-3-5-11(10)13(8-14)16-12/h2-5,8-9,12-13,15H,6-7H2,1H3. The van der Waals surface area contributed by atoms with Gasteiger partial charge in [-0.15, -0.1) is 0 Å². The first-order valence-electron chi connectivity index (χ1n) is 5.60. The minimum absolute atomic E-state index is 0.0546. The summed E-state index contributed by atoms with van der Waals surface area (Å²) in [6, 6.07) is 7.78. The Morgan fingerprint density at radius 2 is 2.12 bits per heavy atom. The lowest BCUT2D eigenvalue weighted by Crippen LogP contribution is -2.05. The fourth-order valence-corrected chi connectivity index (χ4v) is 2.11. The molecule has 1 aromatic carbocycles. The van der Waals surface area contributed by atoms with Crippen LogP contribution in [0.1, 0.15) is 43.1 Å². The smallest absolute Gasteiger partial charge is 0.153 e. The Morgan fingerprint density at radius 1 is 1.44 bits per heavy atom. The monoisotopic (exact) mass is 220 g/mol. The molecule has 0 amide bonds. The number of carbonyl (C=O) groups is 1. The Hall–Kier alpha value is -1.19. The zero-order valence-electron chi connectivity index (χ0n) is 9.30. The van der Waals surface area contributed by atoms with Gasteiger partial charge in [-0.05, 0) is 30.9 Å². The van der Waals surface area contributed by atoms with Crippen molar-refractivity contribution in [2.45, 2.75) is 38.1 Å². The Labute approximate surface area is 95.0 Å². The van der Waals surface area contributed by atoms with Crippen LogP contribution >= 0.6 is 0 Å². The maximum atomic E-state index is 10.9. The quantitative estimate of drug-likeness (QED) is 0.791. The molecule has 3 nitrogen and oxygen atoms in total. The molecule has 0 radical (unpaired) electrons. The van der Waals surface area contributed by atoms with Gasteiger partial charge in [0.05, 0.1) is 12.2 Å². The summed E-state index contributed by atoms with van der Waals surface area (Å²) in [5, 5.41) is 9.26. The van der Waals surface area contributed by atoms with Crippen molar-refractivity contribution in [2.24, 2.45) is 0 Å². The molecule has 0 aromatic heterocycles. The second-order valence-corrected chi connectivity index (χ2v) is 4.24. The minimum atomic E-state index is -0.435. The molecule has 1 aromatic rings. The van der Waals surface area contributed by atoms with E-state index in [2.05, 4.69) is 0 Å². The van der Waals surface area contributed by atoms with Crippen molar-refractivity contribution >= 4 is 6.29 Å². The topological polar surface area (TPSA) is 46.5 Å². The number of benzene rings is 1. The number of ether oxygens (including phenoxy) is 1. The Bertz CT molecular complexity index is 373. The number of rotatable bonds is 4. The lowest BCUT2D eigenvalue weighted by molar-refractivity contribution is -0.120. The van der Waals surface area contributed by atoms with E-state index in [1.165, 1.54) is 0 Å². The lowest BCUT2D eigenvalue weighted by Gasteiger charge is -2.12. The van der Waals surface area contributed by atoms with Crippen LogP contribution in [0.25, 0.3) is 0 Å². The van der Waals surface area contributed by atoms with Gasteiger partial charge in [0, 0.05) is 0 Å². The second-order valence-electron chi connectivity index (χ2n) is 4.24.